The zero-order valence-corrected chi connectivity index (χ0v) is 14.0. The molecular weight excluding hydrogens is 314 g/mol. The molecule has 0 radical (unpaired) electrons. The van der Waals surface area contributed by atoms with Crippen molar-refractivity contribution in [1.29, 1.82) is 5.26 Å². The van der Waals surface area contributed by atoms with Gasteiger partial charge in [-0.05, 0) is 43.3 Å². The molecule has 0 saturated heterocycles. The number of aryl methyl sites for hydroxylation is 1. The summed E-state index contributed by atoms with van der Waals surface area (Å²) in [5.41, 5.74) is 1.82. The van der Waals surface area contributed by atoms with Crippen LogP contribution in [0.5, 0.6) is 0 Å². The first-order valence-electron chi connectivity index (χ1n) is 7.23. The standard InChI is InChI=1S/C16H17N3OS2/c1-19(9-11-4-3-7-21-11)10-15(20)18-16-13(8-17)12-5-2-6-14(12)22-16/h3-4,7H,2,5-6,9-10H2,1H3,(H,18,20). The predicted octanol–water partition coefficient (Wildman–Crippen LogP) is 3.24. The highest BCUT2D eigenvalue weighted by Gasteiger charge is 2.23. The summed E-state index contributed by atoms with van der Waals surface area (Å²) in [6, 6.07) is 6.34. The minimum absolute atomic E-state index is 0.0597. The summed E-state index contributed by atoms with van der Waals surface area (Å²) >= 11 is 3.25. The number of nitrogens with zero attached hydrogens (tertiary/aromatic N) is 2. The Labute approximate surface area is 138 Å². The lowest BCUT2D eigenvalue weighted by Crippen LogP contribution is -2.29. The number of hydrogen-bond donors (Lipinski definition) is 1. The zero-order chi connectivity index (χ0) is 15.5. The number of fused-ring (bicyclic) bond motifs is 1. The molecule has 2 aromatic heterocycles. The van der Waals surface area contributed by atoms with Crippen LogP contribution in [0.3, 0.4) is 0 Å². The molecule has 1 amide bonds. The van der Waals surface area contributed by atoms with E-state index >= 15 is 0 Å². The van der Waals surface area contributed by atoms with Crippen LogP contribution in [0.15, 0.2) is 17.5 Å². The van der Waals surface area contributed by atoms with Crippen LogP contribution in [0.4, 0.5) is 5.00 Å². The van der Waals surface area contributed by atoms with Crippen molar-refractivity contribution in [1.82, 2.24) is 4.90 Å². The van der Waals surface area contributed by atoms with Crippen molar-refractivity contribution in [3.05, 3.63) is 38.4 Å². The van der Waals surface area contributed by atoms with Gasteiger partial charge in [-0.3, -0.25) is 9.69 Å². The first-order chi connectivity index (χ1) is 10.7. The van der Waals surface area contributed by atoms with Crippen LogP contribution in [0.1, 0.15) is 27.3 Å². The van der Waals surface area contributed by atoms with Gasteiger partial charge in [0.15, 0.2) is 0 Å². The van der Waals surface area contributed by atoms with Crippen LogP contribution in [-0.2, 0) is 24.2 Å². The third-order valence-corrected chi connectivity index (χ3v) is 5.77. The molecule has 2 heterocycles. The molecule has 0 aromatic carbocycles. The summed E-state index contributed by atoms with van der Waals surface area (Å²) in [5, 5.41) is 15.0. The summed E-state index contributed by atoms with van der Waals surface area (Å²) in [6.07, 6.45) is 3.11. The summed E-state index contributed by atoms with van der Waals surface area (Å²) < 4.78 is 0. The van der Waals surface area contributed by atoms with Crippen LogP contribution >= 0.6 is 22.7 Å². The van der Waals surface area contributed by atoms with Gasteiger partial charge >= 0.3 is 0 Å². The lowest BCUT2D eigenvalue weighted by Gasteiger charge is -2.15. The SMILES string of the molecule is CN(CC(=O)Nc1sc2c(c1C#N)CCC2)Cc1cccs1. The molecule has 1 N–H and O–H groups in total. The van der Waals surface area contributed by atoms with E-state index in [0.29, 0.717) is 12.1 Å². The molecule has 0 fully saturated rings. The quantitative estimate of drug-likeness (QED) is 0.915. The van der Waals surface area contributed by atoms with Gasteiger partial charge in [0.2, 0.25) is 5.91 Å². The largest absolute Gasteiger partial charge is 0.315 e. The first kappa shape index (κ1) is 15.2. The lowest BCUT2D eigenvalue weighted by molar-refractivity contribution is -0.117. The van der Waals surface area contributed by atoms with E-state index < -0.39 is 0 Å². The number of hydrogen-bond acceptors (Lipinski definition) is 5. The molecule has 0 atom stereocenters. The minimum Gasteiger partial charge on any atom is -0.315 e. The average Bonchev–Trinajstić information content (AvgIpc) is 3.15. The van der Waals surface area contributed by atoms with Gasteiger partial charge in [0.25, 0.3) is 0 Å². The maximum absolute atomic E-state index is 12.2. The van der Waals surface area contributed by atoms with Crippen molar-refractivity contribution in [2.45, 2.75) is 25.8 Å². The van der Waals surface area contributed by atoms with E-state index in [0.717, 1.165) is 36.4 Å². The highest BCUT2D eigenvalue weighted by atomic mass is 32.1. The molecule has 22 heavy (non-hydrogen) atoms. The second kappa shape index (κ2) is 6.61. The summed E-state index contributed by atoms with van der Waals surface area (Å²) in [6.45, 7) is 1.09. The normalized spacial score (nSPS) is 13.1. The first-order valence-corrected chi connectivity index (χ1v) is 8.92. The highest BCUT2D eigenvalue weighted by molar-refractivity contribution is 7.16. The van der Waals surface area contributed by atoms with Gasteiger partial charge in [-0.25, -0.2) is 0 Å². The van der Waals surface area contributed by atoms with Crippen molar-refractivity contribution in [3.8, 4) is 6.07 Å². The van der Waals surface area contributed by atoms with E-state index in [1.165, 1.54) is 9.75 Å². The third kappa shape index (κ3) is 3.22. The number of likely N-dealkylation sites (N-methyl/N-ethyl adjacent to an activating group) is 1. The van der Waals surface area contributed by atoms with Crippen LogP contribution in [0.25, 0.3) is 0 Å². The number of nitrogens with one attached hydrogen (secondary N) is 1. The number of anilines is 1. The number of carbonyl (C=O) groups is 1. The van der Waals surface area contributed by atoms with Gasteiger partial charge in [-0.2, -0.15) is 5.26 Å². The average molecular weight is 331 g/mol. The molecule has 1 aliphatic rings. The van der Waals surface area contributed by atoms with Crippen LogP contribution in [0.2, 0.25) is 0 Å². The number of nitriles is 1. The van der Waals surface area contributed by atoms with E-state index in [2.05, 4.69) is 17.5 Å². The van der Waals surface area contributed by atoms with Gasteiger partial charge in [0.1, 0.15) is 11.1 Å². The highest BCUT2D eigenvalue weighted by Crippen LogP contribution is 2.38. The second-order valence-corrected chi connectivity index (χ2v) is 7.61. The fraction of sp³-hybridized carbons (Fsp3) is 0.375. The molecule has 2 aromatic rings. The number of thiophene rings is 2. The fourth-order valence-corrected chi connectivity index (χ4v) is 4.79. The van der Waals surface area contributed by atoms with E-state index in [-0.39, 0.29) is 5.91 Å². The molecular formula is C16H17N3OS2. The molecule has 114 valence electrons. The summed E-state index contributed by atoms with van der Waals surface area (Å²) in [5.74, 6) is -0.0597. The molecule has 3 rings (SSSR count). The Morgan fingerprint density at radius 1 is 1.50 bits per heavy atom. The molecule has 0 unspecified atom stereocenters. The number of carbonyl (C=O) groups excluding carboxylic acids is 1. The predicted molar refractivity (Wildman–Crippen MR) is 90.3 cm³/mol. The Morgan fingerprint density at radius 2 is 2.36 bits per heavy atom. The van der Waals surface area contributed by atoms with Crippen molar-refractivity contribution in [2.75, 3.05) is 18.9 Å². The second-order valence-electron chi connectivity index (χ2n) is 5.47. The monoisotopic (exact) mass is 331 g/mol. The van der Waals surface area contributed by atoms with E-state index in [1.807, 2.05) is 23.4 Å². The van der Waals surface area contributed by atoms with Gasteiger partial charge < -0.3 is 5.32 Å². The van der Waals surface area contributed by atoms with Gasteiger partial charge in [0, 0.05) is 16.3 Å². The molecule has 6 heteroatoms. The van der Waals surface area contributed by atoms with Crippen LogP contribution in [-0.4, -0.2) is 24.4 Å². The summed E-state index contributed by atoms with van der Waals surface area (Å²) in [7, 11) is 1.93. The molecule has 0 aliphatic heterocycles. The Morgan fingerprint density at radius 3 is 3.09 bits per heavy atom. The molecule has 4 nitrogen and oxygen atoms in total. The van der Waals surface area contributed by atoms with E-state index in [4.69, 9.17) is 0 Å². The van der Waals surface area contributed by atoms with Crippen molar-refractivity contribution >= 4 is 33.6 Å². The van der Waals surface area contributed by atoms with Gasteiger partial charge in [-0.1, -0.05) is 6.07 Å². The Hall–Kier alpha value is -1.68. The number of amides is 1. The summed E-state index contributed by atoms with van der Waals surface area (Å²) in [4.78, 5) is 16.7. The maximum Gasteiger partial charge on any atom is 0.239 e. The Kier molecular flexibility index (Phi) is 4.57. The molecule has 0 saturated carbocycles. The zero-order valence-electron chi connectivity index (χ0n) is 12.4. The van der Waals surface area contributed by atoms with E-state index in [9.17, 15) is 10.1 Å². The topological polar surface area (TPSA) is 56.1 Å². The number of rotatable bonds is 5. The van der Waals surface area contributed by atoms with Crippen molar-refractivity contribution in [2.24, 2.45) is 0 Å². The van der Waals surface area contributed by atoms with Crippen LogP contribution < -0.4 is 5.32 Å². The molecule has 0 bridgehead atoms. The van der Waals surface area contributed by atoms with Crippen LogP contribution in [0, 0.1) is 11.3 Å². The minimum atomic E-state index is -0.0597. The van der Waals surface area contributed by atoms with Crippen molar-refractivity contribution in [3.63, 3.8) is 0 Å². The van der Waals surface area contributed by atoms with Gasteiger partial charge in [0.05, 0.1) is 12.1 Å². The van der Waals surface area contributed by atoms with E-state index in [1.54, 1.807) is 22.7 Å². The Balaban J connectivity index is 1.61. The van der Waals surface area contributed by atoms with Crippen molar-refractivity contribution < 1.29 is 4.79 Å². The molecule has 1 aliphatic carbocycles. The smallest absolute Gasteiger partial charge is 0.239 e. The lowest BCUT2D eigenvalue weighted by atomic mass is 10.1. The maximum atomic E-state index is 12.2. The fourth-order valence-electron chi connectivity index (χ4n) is 2.75. The third-order valence-electron chi connectivity index (χ3n) is 3.71. The molecule has 0 spiro atoms. The Bertz CT molecular complexity index is 713. The van der Waals surface area contributed by atoms with Gasteiger partial charge in [-0.15, -0.1) is 22.7 Å².